The van der Waals surface area contributed by atoms with Gasteiger partial charge in [0, 0.05) is 6.92 Å². The Morgan fingerprint density at radius 3 is 2.38 bits per heavy atom. The maximum Gasteiger partial charge on any atom is 0.217 e. The van der Waals surface area contributed by atoms with Gasteiger partial charge in [0.25, 0.3) is 0 Å². The first-order chi connectivity index (χ1) is 3.66. The van der Waals surface area contributed by atoms with Gasteiger partial charge in [0.2, 0.25) is 5.91 Å². The Balaban J connectivity index is 3.38. The van der Waals surface area contributed by atoms with Crippen LogP contribution in [-0.2, 0) is 9.59 Å². The number of hydrogen-bond acceptors (Lipinski definition) is 2. The lowest BCUT2D eigenvalue weighted by Crippen LogP contribution is -2.31. The lowest BCUT2D eigenvalue weighted by Gasteiger charge is -2.00. The van der Waals surface area contributed by atoms with Gasteiger partial charge in [-0.25, -0.2) is 0 Å². The normalized spacial score (nSPS) is 12.2. The molecule has 0 fully saturated rings. The van der Waals surface area contributed by atoms with Gasteiger partial charge in [0.05, 0.1) is 6.04 Å². The van der Waals surface area contributed by atoms with Gasteiger partial charge in [0.1, 0.15) is 6.29 Å². The molecule has 0 bridgehead atoms. The van der Waals surface area contributed by atoms with Crippen molar-refractivity contribution in [2.45, 2.75) is 19.9 Å². The van der Waals surface area contributed by atoms with Crippen molar-refractivity contribution < 1.29 is 9.59 Å². The average molecular weight is 115 g/mol. The molecule has 0 aromatic heterocycles. The van der Waals surface area contributed by atoms with Crippen LogP contribution in [0.2, 0.25) is 0 Å². The minimum Gasteiger partial charge on any atom is -0.347 e. The number of rotatable bonds is 2. The summed E-state index contributed by atoms with van der Waals surface area (Å²) in [5.41, 5.74) is 0. The maximum absolute atomic E-state index is 10.1. The summed E-state index contributed by atoms with van der Waals surface area (Å²) in [4.78, 5) is 20.0. The van der Waals surface area contributed by atoms with Gasteiger partial charge in [0.15, 0.2) is 0 Å². The smallest absolute Gasteiger partial charge is 0.217 e. The number of nitrogens with one attached hydrogen (secondary N) is 1. The molecule has 0 heterocycles. The maximum atomic E-state index is 10.1. The fraction of sp³-hybridized carbons (Fsp3) is 0.600. The second-order valence-electron chi connectivity index (χ2n) is 1.63. The molecule has 0 aromatic rings. The van der Waals surface area contributed by atoms with Gasteiger partial charge in [-0.3, -0.25) is 4.79 Å². The molecular weight excluding hydrogens is 106 g/mol. The lowest BCUT2D eigenvalue weighted by molar-refractivity contribution is -0.121. The van der Waals surface area contributed by atoms with Gasteiger partial charge in [-0.15, -0.1) is 0 Å². The highest BCUT2D eigenvalue weighted by Crippen LogP contribution is 1.70. The molecule has 0 rings (SSSR count). The molecule has 0 radical (unpaired) electrons. The molecule has 1 amide bonds. The van der Waals surface area contributed by atoms with Crippen molar-refractivity contribution in [3.05, 3.63) is 0 Å². The average Bonchev–Trinajstić information content (AvgIpc) is 1.65. The van der Waals surface area contributed by atoms with Crippen molar-refractivity contribution >= 4 is 12.2 Å². The third-order valence-electron chi connectivity index (χ3n) is 0.635. The molecule has 0 aliphatic carbocycles. The third-order valence-corrected chi connectivity index (χ3v) is 0.635. The lowest BCUT2D eigenvalue weighted by atomic mass is 10.4. The predicted octanol–water partition coefficient (Wildman–Crippen LogP) is -0.290. The molecule has 3 nitrogen and oxygen atoms in total. The van der Waals surface area contributed by atoms with E-state index < -0.39 is 0 Å². The molecule has 1 N–H and O–H groups in total. The molecule has 0 aliphatic heterocycles. The summed E-state index contributed by atoms with van der Waals surface area (Å²) in [6.45, 7) is 2.99. The van der Waals surface area contributed by atoms with Crippen molar-refractivity contribution in [2.24, 2.45) is 0 Å². The Morgan fingerprint density at radius 2 is 2.25 bits per heavy atom. The van der Waals surface area contributed by atoms with Gasteiger partial charge >= 0.3 is 0 Å². The largest absolute Gasteiger partial charge is 0.347 e. The third kappa shape index (κ3) is 3.33. The van der Waals surface area contributed by atoms with Crippen LogP contribution in [0.25, 0.3) is 0 Å². The van der Waals surface area contributed by atoms with E-state index in [2.05, 4.69) is 5.32 Å². The first-order valence-electron chi connectivity index (χ1n) is 2.39. The highest BCUT2D eigenvalue weighted by molar-refractivity contribution is 5.76. The second-order valence-corrected chi connectivity index (χ2v) is 1.63. The topological polar surface area (TPSA) is 46.2 Å². The summed E-state index contributed by atoms with van der Waals surface area (Å²) in [5.74, 6) is -0.176. The Bertz CT molecular complexity index is 101. The van der Waals surface area contributed by atoms with E-state index in [-0.39, 0.29) is 11.9 Å². The first kappa shape index (κ1) is 7.14. The fourth-order valence-electron chi connectivity index (χ4n) is 0.355. The van der Waals surface area contributed by atoms with Crippen LogP contribution in [-0.4, -0.2) is 18.2 Å². The molecule has 0 aliphatic rings. The van der Waals surface area contributed by atoms with Crippen molar-refractivity contribution in [3.8, 4) is 0 Å². The van der Waals surface area contributed by atoms with Crippen LogP contribution < -0.4 is 5.32 Å². The molecule has 1 unspecified atom stereocenters. The molecule has 3 heteroatoms. The van der Waals surface area contributed by atoms with Crippen LogP contribution >= 0.6 is 0 Å². The van der Waals surface area contributed by atoms with Gasteiger partial charge in [-0.2, -0.15) is 0 Å². The highest BCUT2D eigenvalue weighted by Gasteiger charge is 1.97. The van der Waals surface area contributed by atoms with Crippen molar-refractivity contribution in [1.29, 1.82) is 0 Å². The van der Waals surface area contributed by atoms with E-state index in [9.17, 15) is 9.59 Å². The van der Waals surface area contributed by atoms with Crippen LogP contribution in [0.4, 0.5) is 0 Å². The standard InChI is InChI=1S/C5H9NO2/c1-4(3-7)6-5(2)8/h3-4H,1-2H3,(H,6,8). The second kappa shape index (κ2) is 3.18. The Morgan fingerprint density at radius 1 is 1.75 bits per heavy atom. The number of amides is 1. The molecule has 46 valence electrons. The van der Waals surface area contributed by atoms with E-state index in [0.717, 1.165) is 0 Å². The zero-order chi connectivity index (χ0) is 6.57. The van der Waals surface area contributed by atoms with Crippen LogP contribution in [0, 0.1) is 0 Å². The van der Waals surface area contributed by atoms with Gasteiger partial charge in [-0.05, 0) is 6.92 Å². The molecule has 8 heavy (non-hydrogen) atoms. The number of aldehydes is 1. The molecule has 0 saturated heterocycles. The molecular formula is C5H9NO2. The van der Waals surface area contributed by atoms with Crippen LogP contribution in [0.5, 0.6) is 0 Å². The predicted molar refractivity (Wildman–Crippen MR) is 29.3 cm³/mol. The zero-order valence-corrected chi connectivity index (χ0v) is 4.97. The highest BCUT2D eigenvalue weighted by atomic mass is 16.2. The van der Waals surface area contributed by atoms with E-state index in [1.54, 1.807) is 6.92 Å². The summed E-state index contributed by atoms with van der Waals surface area (Å²) < 4.78 is 0. The minimum atomic E-state index is -0.354. The molecule has 0 saturated carbocycles. The summed E-state index contributed by atoms with van der Waals surface area (Å²) in [7, 11) is 0. The van der Waals surface area contributed by atoms with E-state index >= 15 is 0 Å². The number of carbonyl (C=O) groups excluding carboxylic acids is 2. The Labute approximate surface area is 48.1 Å². The van der Waals surface area contributed by atoms with E-state index in [1.165, 1.54) is 6.92 Å². The summed E-state index contributed by atoms with van der Waals surface area (Å²) >= 11 is 0. The van der Waals surface area contributed by atoms with Crippen LogP contribution in [0.15, 0.2) is 0 Å². The van der Waals surface area contributed by atoms with E-state index in [0.29, 0.717) is 6.29 Å². The molecule has 0 spiro atoms. The monoisotopic (exact) mass is 115 g/mol. The van der Waals surface area contributed by atoms with Gasteiger partial charge in [-0.1, -0.05) is 0 Å². The number of carbonyl (C=O) groups is 2. The minimum absolute atomic E-state index is 0.176. The molecule has 0 aromatic carbocycles. The van der Waals surface area contributed by atoms with Gasteiger partial charge < -0.3 is 10.1 Å². The van der Waals surface area contributed by atoms with E-state index in [1.807, 2.05) is 0 Å². The number of hydrogen-bond donors (Lipinski definition) is 1. The van der Waals surface area contributed by atoms with Crippen molar-refractivity contribution in [1.82, 2.24) is 5.32 Å². The first-order valence-corrected chi connectivity index (χ1v) is 2.39. The summed E-state index contributed by atoms with van der Waals surface area (Å²) in [6.07, 6.45) is 0.682. The Hall–Kier alpha value is -0.860. The Kier molecular flexibility index (Phi) is 2.84. The summed E-state index contributed by atoms with van der Waals surface area (Å²) in [5, 5.41) is 2.39. The zero-order valence-electron chi connectivity index (χ0n) is 4.97. The van der Waals surface area contributed by atoms with Crippen LogP contribution in [0.1, 0.15) is 13.8 Å². The van der Waals surface area contributed by atoms with Crippen LogP contribution in [0.3, 0.4) is 0 Å². The quantitative estimate of drug-likeness (QED) is 0.503. The fourth-order valence-corrected chi connectivity index (χ4v) is 0.355. The summed E-state index contributed by atoms with van der Waals surface area (Å²) in [6, 6.07) is -0.354. The van der Waals surface area contributed by atoms with Crippen molar-refractivity contribution in [2.75, 3.05) is 0 Å². The van der Waals surface area contributed by atoms with E-state index in [4.69, 9.17) is 0 Å². The SMILES string of the molecule is CC(=O)NC(C)C=O. The van der Waals surface area contributed by atoms with Crippen molar-refractivity contribution in [3.63, 3.8) is 0 Å². The molecule has 1 atom stereocenters.